The average molecular weight is 420 g/mol. The Labute approximate surface area is 162 Å². The van der Waals surface area contributed by atoms with Crippen molar-refractivity contribution in [2.75, 3.05) is 0 Å². The number of hydrogen-bond donors (Lipinski definition) is 0. The number of nitrogens with zero attached hydrogens (tertiary/aromatic N) is 4. The largest absolute Gasteiger partial charge is 0.744 e. The van der Waals surface area contributed by atoms with Crippen LogP contribution in [0.4, 0.5) is 0 Å². The second kappa shape index (κ2) is 6.41. The van der Waals surface area contributed by atoms with Crippen LogP contribution < -0.4 is 9.60 Å². The summed E-state index contributed by atoms with van der Waals surface area (Å²) in [6, 6.07) is 10.5. The van der Waals surface area contributed by atoms with Gasteiger partial charge in [-0.15, -0.1) is 10.2 Å². The Hall–Kier alpha value is -2.27. The summed E-state index contributed by atoms with van der Waals surface area (Å²) in [6.07, 6.45) is 0. The van der Waals surface area contributed by atoms with E-state index in [0.29, 0.717) is 9.50 Å². The minimum absolute atomic E-state index is 0.244. The highest BCUT2D eigenvalue weighted by Gasteiger charge is 2.08. The molecule has 0 saturated carbocycles. The predicted octanol–water partition coefficient (Wildman–Crippen LogP) is 2.42. The molecular weight excluding hydrogens is 404 g/mol. The minimum atomic E-state index is -4.49. The molecule has 2 aromatic heterocycles. The molecule has 0 aliphatic rings. The van der Waals surface area contributed by atoms with Crippen LogP contribution in [0, 0.1) is 6.92 Å². The van der Waals surface area contributed by atoms with Gasteiger partial charge in [-0.2, -0.15) is 0 Å². The quantitative estimate of drug-likeness (QED) is 0.369. The molecule has 10 heteroatoms. The summed E-state index contributed by atoms with van der Waals surface area (Å²) in [5.74, 6) is 0. The molecule has 0 unspecified atom stereocenters. The molecule has 0 amide bonds. The monoisotopic (exact) mass is 419 g/mol. The number of hydrogen-bond acceptors (Lipinski definition) is 7. The van der Waals surface area contributed by atoms with E-state index in [0.717, 1.165) is 20.5 Å². The molecule has 4 aromatic rings. The topological polar surface area (TPSA) is 91.8 Å². The van der Waals surface area contributed by atoms with Gasteiger partial charge >= 0.3 is 0 Å². The lowest BCUT2D eigenvalue weighted by Gasteiger charge is -2.06. The lowest BCUT2D eigenvalue weighted by atomic mass is 10.2. The molecule has 7 nitrogen and oxygen atoms in total. The van der Waals surface area contributed by atoms with E-state index in [4.69, 9.17) is 0 Å². The maximum Gasteiger partial charge on any atom is 0.211 e. The molecule has 0 fully saturated rings. The number of aryl methyl sites for hydroxylation is 3. The number of thiazole rings is 2. The molecule has 27 heavy (non-hydrogen) atoms. The van der Waals surface area contributed by atoms with Crippen molar-refractivity contribution in [3.05, 3.63) is 51.6 Å². The Morgan fingerprint density at radius 3 is 1.96 bits per heavy atom. The Morgan fingerprint density at radius 2 is 1.41 bits per heavy atom. The van der Waals surface area contributed by atoms with Gasteiger partial charge in [0.1, 0.15) is 10.1 Å². The van der Waals surface area contributed by atoms with Gasteiger partial charge in [0.2, 0.25) is 9.60 Å². The fourth-order valence-corrected chi connectivity index (χ4v) is 5.44. The highest BCUT2D eigenvalue weighted by molar-refractivity contribution is 7.85. The van der Waals surface area contributed by atoms with Gasteiger partial charge in [-0.05, 0) is 42.8 Å². The zero-order valence-electron chi connectivity index (χ0n) is 14.7. The van der Waals surface area contributed by atoms with E-state index >= 15 is 0 Å². The first-order chi connectivity index (χ1) is 12.7. The first-order valence-corrected chi connectivity index (χ1v) is 11.0. The van der Waals surface area contributed by atoms with Crippen molar-refractivity contribution >= 4 is 53.2 Å². The van der Waals surface area contributed by atoms with Crippen molar-refractivity contribution in [3.8, 4) is 0 Å². The van der Waals surface area contributed by atoms with Crippen molar-refractivity contribution in [2.45, 2.75) is 11.8 Å². The van der Waals surface area contributed by atoms with Crippen molar-refractivity contribution in [1.82, 2.24) is 9.13 Å². The van der Waals surface area contributed by atoms with E-state index in [1.807, 2.05) is 30.2 Å². The molecule has 0 radical (unpaired) electrons. The highest BCUT2D eigenvalue weighted by Crippen LogP contribution is 2.21. The van der Waals surface area contributed by atoms with Crippen LogP contribution in [0.25, 0.3) is 20.4 Å². The van der Waals surface area contributed by atoms with Crippen LogP contribution >= 0.6 is 22.7 Å². The zero-order chi connectivity index (χ0) is 19.3. The Morgan fingerprint density at radius 1 is 0.889 bits per heavy atom. The van der Waals surface area contributed by atoms with Crippen LogP contribution in [0.5, 0.6) is 0 Å². The molecule has 140 valence electrons. The first-order valence-electron chi connectivity index (χ1n) is 7.93. The zero-order valence-corrected chi connectivity index (χ0v) is 17.2. The molecule has 0 bridgehead atoms. The number of aromatic nitrogens is 2. The molecular formula is C17H15N4O3S3-. The Bertz CT molecular complexity index is 1440. The van der Waals surface area contributed by atoms with Crippen molar-refractivity contribution in [2.24, 2.45) is 24.3 Å². The van der Waals surface area contributed by atoms with Gasteiger partial charge in [0.15, 0.2) is 0 Å². The van der Waals surface area contributed by atoms with Gasteiger partial charge in [0.25, 0.3) is 0 Å². The summed E-state index contributed by atoms with van der Waals surface area (Å²) in [4.78, 5) is 1.13. The molecule has 2 aromatic carbocycles. The van der Waals surface area contributed by atoms with E-state index < -0.39 is 10.1 Å². The molecule has 2 heterocycles. The maximum absolute atomic E-state index is 11.2. The first kappa shape index (κ1) is 18.1. The third-order valence-electron chi connectivity index (χ3n) is 4.26. The van der Waals surface area contributed by atoms with Crippen LogP contribution in [0.1, 0.15) is 5.56 Å². The Balaban J connectivity index is 1.89. The lowest BCUT2D eigenvalue weighted by Crippen LogP contribution is -2.13. The Kier molecular flexibility index (Phi) is 4.30. The summed E-state index contributed by atoms with van der Waals surface area (Å²) in [7, 11) is -0.716. The van der Waals surface area contributed by atoms with Crippen LogP contribution in [0.2, 0.25) is 0 Å². The molecule has 0 aliphatic carbocycles. The van der Waals surface area contributed by atoms with Crippen molar-refractivity contribution in [1.29, 1.82) is 0 Å². The second-order valence-electron chi connectivity index (χ2n) is 6.14. The van der Waals surface area contributed by atoms with Crippen LogP contribution in [-0.2, 0) is 24.2 Å². The second-order valence-corrected chi connectivity index (χ2v) is 9.54. The van der Waals surface area contributed by atoms with E-state index in [1.165, 1.54) is 29.0 Å². The van der Waals surface area contributed by atoms with Gasteiger partial charge < -0.3 is 13.7 Å². The molecule has 0 saturated heterocycles. The van der Waals surface area contributed by atoms with Gasteiger partial charge in [0.05, 0.1) is 25.3 Å². The molecule has 4 rings (SSSR count). The van der Waals surface area contributed by atoms with Gasteiger partial charge in [0, 0.05) is 14.1 Å². The van der Waals surface area contributed by atoms with Gasteiger partial charge in [-0.3, -0.25) is 0 Å². The smallest absolute Gasteiger partial charge is 0.211 e. The van der Waals surface area contributed by atoms with E-state index in [1.54, 1.807) is 17.4 Å². The van der Waals surface area contributed by atoms with E-state index in [-0.39, 0.29) is 4.90 Å². The molecule has 0 atom stereocenters. The lowest BCUT2D eigenvalue weighted by molar-refractivity contribution is 0.463. The van der Waals surface area contributed by atoms with Gasteiger partial charge in [-0.1, -0.05) is 28.7 Å². The third-order valence-corrected chi connectivity index (χ3v) is 7.26. The predicted molar refractivity (Wildman–Crippen MR) is 105 cm³/mol. The number of benzene rings is 2. The summed E-state index contributed by atoms with van der Waals surface area (Å²) in [5, 5.41) is 8.74. The van der Waals surface area contributed by atoms with Crippen molar-refractivity contribution < 1.29 is 13.0 Å². The molecule has 0 aliphatic heterocycles. The van der Waals surface area contributed by atoms with Crippen LogP contribution in [0.3, 0.4) is 0 Å². The SMILES string of the molecule is Cc1ccc2c(c1)s/c(=N/N=c1\sc3cc(S(=O)(=O)[O-])ccc3n1C)n2C. The highest BCUT2D eigenvalue weighted by atomic mass is 32.2. The average Bonchev–Trinajstić information content (AvgIpc) is 3.09. The standard InChI is InChI=1S/C17H16N4O3S3/c1-10-4-6-12-14(8-10)25-16(20(12)2)18-19-17-21(3)13-7-5-11(27(22,23)24)9-15(13)26-17/h4-9H,1-3H3,(H,22,23,24)/p-1/b18-16+,19-17-. The summed E-state index contributed by atoms with van der Waals surface area (Å²) >= 11 is 2.84. The molecule has 0 spiro atoms. The normalized spacial score (nSPS) is 13.9. The van der Waals surface area contributed by atoms with Gasteiger partial charge in [-0.25, -0.2) is 8.42 Å². The number of rotatable bonds is 2. The van der Waals surface area contributed by atoms with E-state index in [2.05, 4.69) is 28.4 Å². The maximum atomic E-state index is 11.2. The van der Waals surface area contributed by atoms with Crippen LogP contribution in [-0.4, -0.2) is 22.1 Å². The summed E-state index contributed by atoms with van der Waals surface area (Å²) in [5.41, 5.74) is 3.07. The minimum Gasteiger partial charge on any atom is -0.744 e. The van der Waals surface area contributed by atoms with Crippen molar-refractivity contribution in [3.63, 3.8) is 0 Å². The summed E-state index contributed by atoms with van der Waals surface area (Å²) in [6.45, 7) is 2.05. The fourth-order valence-electron chi connectivity index (χ4n) is 2.79. The van der Waals surface area contributed by atoms with Crippen LogP contribution in [0.15, 0.2) is 51.5 Å². The fraction of sp³-hybridized carbons (Fsp3) is 0.176. The third kappa shape index (κ3) is 3.25. The number of fused-ring (bicyclic) bond motifs is 2. The molecule has 0 N–H and O–H groups in total. The summed E-state index contributed by atoms with van der Waals surface area (Å²) < 4.78 is 39.3. The van der Waals surface area contributed by atoms with E-state index in [9.17, 15) is 13.0 Å².